The van der Waals surface area contributed by atoms with Gasteiger partial charge in [-0.25, -0.2) is 26.5 Å². The lowest BCUT2D eigenvalue weighted by molar-refractivity contribution is -0.144. The fraction of sp³-hybridized carbons (Fsp3) is 0.466. The summed E-state index contributed by atoms with van der Waals surface area (Å²) < 4.78 is 100. The number of carbonyl (C=O) groups excluding carboxylic acids is 4. The molecule has 6 aromatic rings. The van der Waals surface area contributed by atoms with E-state index in [1.54, 1.807) is 29.0 Å². The average molecular weight is 1460 g/mol. The van der Waals surface area contributed by atoms with Crippen LogP contribution < -0.4 is 25.6 Å². The third kappa shape index (κ3) is 20.3. The second kappa shape index (κ2) is 32.9. The molecule has 9 rings (SSSR count). The number of halogens is 4. The Labute approximate surface area is 593 Å². The number of allylic oxidation sites excluding steroid dienone is 1. The average Bonchev–Trinajstić information content (AvgIpc) is 1.11. The number of aliphatic hydroxyl groups excluding tert-OH is 1. The first kappa shape index (κ1) is 76.3. The number of β-amino-alcohol motifs (C(OH)–C–C–N with tert-alkyl or cyclic N) is 1. The molecule has 1 aromatic heterocycles. The molecule has 2 aliphatic heterocycles. The summed E-state index contributed by atoms with van der Waals surface area (Å²) in [5.41, 5.74) is 2.51. The van der Waals surface area contributed by atoms with Crippen LogP contribution in [0.25, 0.3) is 16.0 Å². The summed E-state index contributed by atoms with van der Waals surface area (Å²) in [5.74, 6) is -2.04. The molecule has 18 nitrogen and oxygen atoms in total. The van der Waals surface area contributed by atoms with Crippen molar-refractivity contribution in [2.24, 2.45) is 10.8 Å². The number of thioether (sulfide) groups is 1. The molecule has 3 aliphatic rings. The number of benzene rings is 5. The van der Waals surface area contributed by atoms with Gasteiger partial charge in [-0.2, -0.15) is 13.2 Å². The van der Waals surface area contributed by atoms with E-state index >= 15 is 0 Å². The molecule has 5 aromatic carbocycles. The minimum atomic E-state index is -6.18. The molecule has 4 amide bonds. The molecule has 99 heavy (non-hydrogen) atoms. The van der Waals surface area contributed by atoms with E-state index in [4.69, 9.17) is 11.6 Å². The number of sulfonamides is 1. The van der Waals surface area contributed by atoms with Gasteiger partial charge in [0.1, 0.15) is 17.0 Å². The van der Waals surface area contributed by atoms with Gasteiger partial charge in [-0.3, -0.25) is 24.1 Å². The lowest BCUT2D eigenvalue weighted by Crippen LogP contribution is -2.57. The Balaban J connectivity index is 0.774. The van der Waals surface area contributed by atoms with E-state index in [1.165, 1.54) is 45.5 Å². The number of piperazine rings is 1. The number of sulfone groups is 1. The number of aryl methyl sites for hydroxylation is 1. The van der Waals surface area contributed by atoms with Crippen LogP contribution in [0.1, 0.15) is 133 Å². The number of amides is 4. The van der Waals surface area contributed by atoms with E-state index in [0.717, 1.165) is 83.3 Å². The van der Waals surface area contributed by atoms with E-state index < -0.39 is 94.3 Å². The van der Waals surface area contributed by atoms with E-state index in [1.807, 2.05) is 118 Å². The first-order valence-electron chi connectivity index (χ1n) is 33.5. The molecule has 0 saturated carbocycles. The Hall–Kier alpha value is -6.84. The van der Waals surface area contributed by atoms with Crippen molar-refractivity contribution in [1.29, 1.82) is 0 Å². The summed E-state index contributed by atoms with van der Waals surface area (Å²) >= 11 is 9.16. The monoisotopic (exact) mass is 1460 g/mol. The number of alkyl halides is 3. The van der Waals surface area contributed by atoms with E-state index in [-0.39, 0.29) is 42.0 Å². The highest BCUT2D eigenvalue weighted by molar-refractivity contribution is 7.99. The number of nitrogens with zero attached hydrogens (tertiary/aromatic N) is 5. The Morgan fingerprint density at radius 3 is 2.17 bits per heavy atom. The van der Waals surface area contributed by atoms with Crippen LogP contribution in [0.15, 0.2) is 147 Å². The van der Waals surface area contributed by atoms with Gasteiger partial charge >= 0.3 is 5.51 Å². The molecular formula is C73H91ClF3N9O9S4. The van der Waals surface area contributed by atoms with Crippen LogP contribution in [0, 0.1) is 17.8 Å². The zero-order chi connectivity index (χ0) is 71.6. The van der Waals surface area contributed by atoms with Gasteiger partial charge in [0.25, 0.3) is 25.8 Å². The van der Waals surface area contributed by atoms with Crippen molar-refractivity contribution in [3.63, 3.8) is 0 Å². The van der Waals surface area contributed by atoms with Crippen molar-refractivity contribution >= 4 is 95.1 Å². The standard InChI is InChI=1S/C73H91ClF3N9O9S4/c1-48(50-18-20-52(21-19-50)66-49(2)78-47-97-66)79-69(90)63-41-58(87)45-86(63)70(91)67(71(3,4)5)81-65(88)17-13-10-14-35-83(8)36-33-56(46-96-59-15-11-9-12-16-59)80-62-31-30-60(42-64(62)98(92,93)73(75,76)77)99(94,95)82-68(89)53-24-28-57(29-25-53)85-39-37-84(38-40-85)44-54-43-72(6,7)34-32-61(54)51-22-26-55(74)27-23-51/h9,11-12,15-16,18-31,42,47-48,56,58,63,67,80,87H,10,13-14,17,32-41,43-46H2,1-8H3,(H,79,90)(H,81,88)(H,82,89)/t48-,56+,58+,63-,67+/m0/s1. The highest BCUT2D eigenvalue weighted by atomic mass is 35.5. The van der Waals surface area contributed by atoms with E-state index in [9.17, 15) is 54.3 Å². The van der Waals surface area contributed by atoms with E-state index in [0.29, 0.717) is 63.0 Å². The Kier molecular flexibility index (Phi) is 25.3. The van der Waals surface area contributed by atoms with Crippen LogP contribution in [0.2, 0.25) is 5.02 Å². The second-order valence-corrected chi connectivity index (χ2v) is 34.0. The van der Waals surface area contributed by atoms with Crippen molar-refractivity contribution in [1.82, 2.24) is 35.0 Å². The first-order chi connectivity index (χ1) is 46.7. The molecule has 26 heteroatoms. The van der Waals surface area contributed by atoms with Crippen molar-refractivity contribution in [3.8, 4) is 10.4 Å². The molecule has 0 unspecified atom stereocenters. The number of unbranched alkanes of at least 4 members (excludes halogenated alkanes) is 2. The Morgan fingerprint density at radius 1 is 0.848 bits per heavy atom. The van der Waals surface area contributed by atoms with Gasteiger partial charge in [0.2, 0.25) is 17.7 Å². The number of thiazole rings is 1. The predicted molar refractivity (Wildman–Crippen MR) is 387 cm³/mol. The molecule has 2 fully saturated rings. The molecule has 5 atom stereocenters. The number of nitrogens with one attached hydrogen (secondary N) is 4. The summed E-state index contributed by atoms with van der Waals surface area (Å²) in [6.45, 7) is 18.6. The molecule has 0 bridgehead atoms. The van der Waals surface area contributed by atoms with Crippen molar-refractivity contribution in [2.45, 2.75) is 157 Å². The molecule has 0 spiro atoms. The van der Waals surface area contributed by atoms with Crippen LogP contribution in [0.3, 0.4) is 0 Å². The smallest absolute Gasteiger partial charge is 0.391 e. The van der Waals surface area contributed by atoms with Gasteiger partial charge in [0, 0.05) is 85.1 Å². The lowest BCUT2D eigenvalue weighted by atomic mass is 9.73. The fourth-order valence-electron chi connectivity index (χ4n) is 12.9. The van der Waals surface area contributed by atoms with Gasteiger partial charge in [0.05, 0.1) is 38.8 Å². The topological polar surface area (TPSA) is 231 Å². The summed E-state index contributed by atoms with van der Waals surface area (Å²) in [7, 11) is -9.26. The van der Waals surface area contributed by atoms with E-state index in [2.05, 4.69) is 56.7 Å². The Bertz CT molecular complexity index is 4060. The highest BCUT2D eigenvalue weighted by Gasteiger charge is 2.49. The maximum atomic E-state index is 14.6. The minimum absolute atomic E-state index is 0.0399. The predicted octanol–water partition coefficient (Wildman–Crippen LogP) is 12.8. The van der Waals surface area contributed by atoms with Crippen LogP contribution in [0.4, 0.5) is 24.5 Å². The third-order valence-corrected chi connectivity index (χ3v) is 23.9. The molecule has 3 heterocycles. The van der Waals surface area contributed by atoms with Gasteiger partial charge in [-0.1, -0.05) is 113 Å². The maximum Gasteiger partial charge on any atom is 0.501 e. The number of aliphatic hydroxyl groups is 1. The zero-order valence-corrected chi connectivity index (χ0v) is 61.4. The first-order valence-corrected chi connectivity index (χ1v) is 38.7. The number of carbonyl (C=O) groups is 4. The van der Waals surface area contributed by atoms with Crippen molar-refractivity contribution < 1.29 is 54.3 Å². The number of aromatic nitrogens is 1. The zero-order valence-electron chi connectivity index (χ0n) is 57.3. The molecule has 0 radical (unpaired) electrons. The number of anilines is 2. The summed E-state index contributed by atoms with van der Waals surface area (Å²) in [6.07, 6.45) is 4.34. The van der Waals surface area contributed by atoms with Gasteiger partial charge in [-0.05, 0) is 172 Å². The summed E-state index contributed by atoms with van der Waals surface area (Å²) in [5, 5.41) is 20.4. The fourth-order valence-corrected chi connectivity index (χ4v) is 16.9. The molecule has 1 aliphatic carbocycles. The van der Waals surface area contributed by atoms with Crippen LogP contribution >= 0.6 is 34.7 Å². The number of likely N-dealkylation sites (tertiary alicyclic amines) is 1. The van der Waals surface area contributed by atoms with Gasteiger partial charge in [0.15, 0.2) is 0 Å². The molecule has 534 valence electrons. The van der Waals surface area contributed by atoms with Crippen LogP contribution in [0.5, 0.6) is 0 Å². The highest BCUT2D eigenvalue weighted by Crippen LogP contribution is 2.44. The number of hydrogen-bond acceptors (Lipinski definition) is 16. The van der Waals surface area contributed by atoms with Crippen molar-refractivity contribution in [2.75, 3.05) is 75.4 Å². The number of rotatable bonds is 28. The van der Waals surface area contributed by atoms with Gasteiger partial charge in [-0.15, -0.1) is 23.1 Å². The van der Waals surface area contributed by atoms with Crippen molar-refractivity contribution in [3.05, 3.63) is 160 Å². The maximum absolute atomic E-state index is 14.6. The summed E-state index contributed by atoms with van der Waals surface area (Å²) in [4.78, 5) is 67.4. The number of hydrogen-bond donors (Lipinski definition) is 5. The molecule has 5 N–H and O–H groups in total. The normalized spacial score (nSPS) is 18.0. The quantitative estimate of drug-likeness (QED) is 0.0227. The second-order valence-electron chi connectivity index (χ2n) is 28.0. The Morgan fingerprint density at radius 2 is 1.53 bits per heavy atom. The SMILES string of the molecule is Cc1ncsc1-c1ccc([C@H](C)NC(=O)[C@@H]2C[C@@H](O)CN2C(=O)[C@@H](NC(=O)CCCCCN(C)CC[C@H](CSc2ccccc2)Nc2ccc(S(=O)(=O)NC(=O)c3ccc(N4CCN(CC5=C(c6ccc(Cl)cc6)CCC(C)(C)C5)CC4)cc3)cc2S(=O)(=O)C(F)(F)F)C(C)(C)C)cc1. The van der Waals surface area contributed by atoms with Gasteiger partial charge < -0.3 is 35.8 Å². The van der Waals surface area contributed by atoms with Crippen LogP contribution in [-0.4, -0.2) is 160 Å². The van der Waals surface area contributed by atoms with Crippen LogP contribution in [-0.2, 0) is 34.2 Å². The lowest BCUT2D eigenvalue weighted by Gasteiger charge is -2.39. The minimum Gasteiger partial charge on any atom is -0.391 e. The third-order valence-electron chi connectivity index (χ3n) is 18.6. The largest absolute Gasteiger partial charge is 0.501 e. The molecular weight excluding hydrogens is 1370 g/mol. The summed E-state index contributed by atoms with van der Waals surface area (Å²) in [6, 6.07) is 30.8. The molecule has 2 saturated heterocycles.